The Hall–Kier alpha value is -1.77. The topological polar surface area (TPSA) is 72.0 Å². The van der Waals surface area contributed by atoms with E-state index in [0.29, 0.717) is 17.2 Å². The number of fused-ring (bicyclic) bond motifs is 1. The SMILES string of the molecule is CC(=O)NCc1ccc(C(=O)CSc2ncnc3ccsc23)s1. The summed E-state index contributed by atoms with van der Waals surface area (Å²) in [4.78, 5) is 33.4. The van der Waals surface area contributed by atoms with Crippen molar-refractivity contribution in [2.45, 2.75) is 18.5 Å². The Balaban J connectivity index is 1.63. The Morgan fingerprint density at radius 2 is 2.13 bits per heavy atom. The zero-order valence-corrected chi connectivity index (χ0v) is 14.7. The summed E-state index contributed by atoms with van der Waals surface area (Å²) < 4.78 is 1.02. The Morgan fingerprint density at radius 3 is 2.96 bits per heavy atom. The van der Waals surface area contributed by atoms with Crippen LogP contribution >= 0.6 is 34.4 Å². The van der Waals surface area contributed by atoms with Gasteiger partial charge >= 0.3 is 0 Å². The number of thioether (sulfide) groups is 1. The minimum absolute atomic E-state index is 0.0670. The Bertz CT molecular complexity index is 856. The van der Waals surface area contributed by atoms with Crippen LogP contribution in [0.2, 0.25) is 0 Å². The van der Waals surface area contributed by atoms with E-state index < -0.39 is 0 Å². The minimum atomic E-state index is -0.0782. The van der Waals surface area contributed by atoms with Crippen LogP contribution in [0.1, 0.15) is 21.5 Å². The van der Waals surface area contributed by atoms with Crippen molar-refractivity contribution in [1.82, 2.24) is 15.3 Å². The first kappa shape index (κ1) is 16.1. The van der Waals surface area contributed by atoms with Gasteiger partial charge in [0.1, 0.15) is 11.4 Å². The summed E-state index contributed by atoms with van der Waals surface area (Å²) in [5.41, 5.74) is 0.911. The number of aromatic nitrogens is 2. The fourth-order valence-electron chi connectivity index (χ4n) is 1.91. The summed E-state index contributed by atoms with van der Waals surface area (Å²) in [6.07, 6.45) is 1.53. The van der Waals surface area contributed by atoms with Crippen molar-refractivity contribution in [2.75, 3.05) is 5.75 Å². The highest BCUT2D eigenvalue weighted by Crippen LogP contribution is 2.29. The molecular formula is C15H13N3O2S3. The number of carbonyl (C=O) groups is 2. The first-order valence-electron chi connectivity index (χ1n) is 6.81. The smallest absolute Gasteiger partial charge is 0.217 e. The molecule has 5 nitrogen and oxygen atoms in total. The molecule has 0 fully saturated rings. The lowest BCUT2D eigenvalue weighted by Gasteiger charge is -2.00. The summed E-state index contributed by atoms with van der Waals surface area (Å²) in [6, 6.07) is 5.63. The van der Waals surface area contributed by atoms with Gasteiger partial charge in [0.2, 0.25) is 5.91 Å². The van der Waals surface area contributed by atoms with Crippen LogP contribution in [0.4, 0.5) is 0 Å². The highest BCUT2D eigenvalue weighted by Gasteiger charge is 2.12. The number of ketones is 1. The molecule has 0 aliphatic rings. The largest absolute Gasteiger partial charge is 0.351 e. The van der Waals surface area contributed by atoms with Crippen LogP contribution in [0.3, 0.4) is 0 Å². The van der Waals surface area contributed by atoms with Crippen LogP contribution in [-0.4, -0.2) is 27.4 Å². The zero-order chi connectivity index (χ0) is 16.2. The maximum atomic E-state index is 12.3. The molecule has 0 saturated heterocycles. The normalized spacial score (nSPS) is 10.8. The number of thiophene rings is 2. The molecule has 3 aromatic heterocycles. The van der Waals surface area contributed by atoms with E-state index >= 15 is 0 Å². The van der Waals surface area contributed by atoms with Crippen LogP contribution in [0, 0.1) is 0 Å². The number of hydrogen-bond acceptors (Lipinski definition) is 7. The second-order valence-electron chi connectivity index (χ2n) is 4.70. The molecule has 1 amide bonds. The fourth-order valence-corrected chi connectivity index (χ4v) is 4.71. The van der Waals surface area contributed by atoms with E-state index in [0.717, 1.165) is 20.1 Å². The molecule has 0 saturated carbocycles. The quantitative estimate of drug-likeness (QED) is 0.413. The van der Waals surface area contributed by atoms with Gasteiger partial charge in [0.15, 0.2) is 5.78 Å². The Morgan fingerprint density at radius 1 is 1.26 bits per heavy atom. The van der Waals surface area contributed by atoms with Gasteiger partial charge in [-0.05, 0) is 23.6 Å². The van der Waals surface area contributed by atoms with Crippen LogP contribution in [0.25, 0.3) is 10.2 Å². The Labute approximate surface area is 145 Å². The van der Waals surface area contributed by atoms with Gasteiger partial charge in [0.05, 0.1) is 27.4 Å². The lowest BCUT2D eigenvalue weighted by molar-refractivity contribution is -0.119. The van der Waals surface area contributed by atoms with Gasteiger partial charge in [-0.3, -0.25) is 9.59 Å². The third-order valence-electron chi connectivity index (χ3n) is 3.00. The monoisotopic (exact) mass is 363 g/mol. The van der Waals surface area contributed by atoms with E-state index in [1.165, 1.54) is 36.3 Å². The number of nitrogens with zero attached hydrogens (tertiary/aromatic N) is 2. The van der Waals surface area contributed by atoms with Crippen molar-refractivity contribution in [3.8, 4) is 0 Å². The van der Waals surface area contributed by atoms with Crippen molar-refractivity contribution in [3.05, 3.63) is 39.7 Å². The Kier molecular flexibility index (Phi) is 5.04. The summed E-state index contributed by atoms with van der Waals surface area (Å²) >= 11 is 4.43. The van der Waals surface area contributed by atoms with Gasteiger partial charge in [-0.1, -0.05) is 11.8 Å². The van der Waals surface area contributed by atoms with Crippen LogP contribution in [-0.2, 0) is 11.3 Å². The van der Waals surface area contributed by atoms with Crippen molar-refractivity contribution in [3.63, 3.8) is 0 Å². The number of carbonyl (C=O) groups excluding carboxylic acids is 2. The molecule has 0 spiro atoms. The summed E-state index contributed by atoms with van der Waals surface area (Å²) in [7, 11) is 0. The fraction of sp³-hybridized carbons (Fsp3) is 0.200. The lowest BCUT2D eigenvalue weighted by atomic mass is 10.3. The van der Waals surface area contributed by atoms with Crippen molar-refractivity contribution < 1.29 is 9.59 Å². The first-order valence-corrected chi connectivity index (χ1v) is 9.49. The summed E-state index contributed by atoms with van der Waals surface area (Å²) in [5.74, 6) is 0.326. The standard InChI is InChI=1S/C15H13N3O2S3/c1-9(19)16-6-10-2-3-13(23-10)12(20)7-22-15-14-11(4-5-21-14)17-8-18-15/h2-5,8H,6-7H2,1H3,(H,16,19). The van der Waals surface area contributed by atoms with Crippen LogP contribution in [0.15, 0.2) is 34.9 Å². The highest BCUT2D eigenvalue weighted by molar-refractivity contribution is 8.00. The molecule has 3 rings (SSSR count). The second kappa shape index (κ2) is 7.20. The van der Waals surface area contributed by atoms with Crippen LogP contribution < -0.4 is 5.32 Å². The molecule has 0 aliphatic heterocycles. The number of hydrogen-bond donors (Lipinski definition) is 1. The van der Waals surface area contributed by atoms with E-state index in [4.69, 9.17) is 0 Å². The predicted molar refractivity (Wildman–Crippen MR) is 94.3 cm³/mol. The van der Waals surface area contributed by atoms with E-state index in [1.807, 2.05) is 23.6 Å². The highest BCUT2D eigenvalue weighted by atomic mass is 32.2. The minimum Gasteiger partial charge on any atom is -0.351 e. The lowest BCUT2D eigenvalue weighted by Crippen LogP contribution is -2.18. The van der Waals surface area contributed by atoms with Gasteiger partial charge in [-0.15, -0.1) is 22.7 Å². The molecular weight excluding hydrogens is 350 g/mol. The predicted octanol–water partition coefficient (Wildman–Crippen LogP) is 3.36. The van der Waals surface area contributed by atoms with Gasteiger partial charge in [0, 0.05) is 11.8 Å². The summed E-state index contributed by atoms with van der Waals surface area (Å²) in [6.45, 7) is 1.94. The maximum Gasteiger partial charge on any atom is 0.217 e. The van der Waals surface area contributed by atoms with Crippen molar-refractivity contribution in [2.24, 2.45) is 0 Å². The van der Waals surface area contributed by atoms with Crippen LogP contribution in [0.5, 0.6) is 0 Å². The molecule has 3 heterocycles. The molecule has 0 aromatic carbocycles. The average Bonchev–Trinajstić information content (AvgIpc) is 3.19. The molecule has 0 unspecified atom stereocenters. The number of nitrogens with one attached hydrogen (secondary N) is 1. The molecule has 1 N–H and O–H groups in total. The first-order chi connectivity index (χ1) is 11.1. The molecule has 8 heteroatoms. The van der Waals surface area contributed by atoms with Crippen molar-refractivity contribution in [1.29, 1.82) is 0 Å². The third-order valence-corrected chi connectivity index (χ3v) is 6.15. The number of amides is 1. The molecule has 3 aromatic rings. The molecule has 0 bridgehead atoms. The van der Waals surface area contributed by atoms with Gasteiger partial charge < -0.3 is 5.32 Å². The van der Waals surface area contributed by atoms with Gasteiger partial charge in [-0.2, -0.15) is 0 Å². The van der Waals surface area contributed by atoms with Gasteiger partial charge in [0.25, 0.3) is 0 Å². The van der Waals surface area contributed by atoms with Crippen molar-refractivity contribution >= 4 is 56.3 Å². The molecule has 23 heavy (non-hydrogen) atoms. The van der Waals surface area contributed by atoms with E-state index in [-0.39, 0.29) is 11.7 Å². The maximum absolute atomic E-state index is 12.3. The average molecular weight is 363 g/mol. The number of Topliss-reactive ketones (excluding diaryl/α,β-unsaturated/α-hetero) is 1. The molecule has 0 atom stereocenters. The van der Waals surface area contributed by atoms with Gasteiger partial charge in [-0.25, -0.2) is 9.97 Å². The second-order valence-corrected chi connectivity index (χ2v) is 7.75. The molecule has 0 aliphatic carbocycles. The molecule has 0 radical (unpaired) electrons. The molecule has 118 valence electrons. The third kappa shape index (κ3) is 3.95. The van der Waals surface area contributed by atoms with E-state index in [2.05, 4.69) is 15.3 Å². The number of rotatable bonds is 6. The zero-order valence-electron chi connectivity index (χ0n) is 12.2. The summed E-state index contributed by atoms with van der Waals surface area (Å²) in [5, 5.41) is 5.54. The van der Waals surface area contributed by atoms with E-state index in [1.54, 1.807) is 11.3 Å². The van der Waals surface area contributed by atoms with E-state index in [9.17, 15) is 9.59 Å².